The number of hydrogen-bond acceptors (Lipinski definition) is 10. The van der Waals surface area contributed by atoms with Crippen LogP contribution in [0, 0.1) is 37.3 Å². The minimum absolute atomic E-state index is 0.208. The first-order valence-electron chi connectivity index (χ1n) is 6.60. The Labute approximate surface area is 163 Å². The summed E-state index contributed by atoms with van der Waals surface area (Å²) in [4.78, 5) is 28.8. The van der Waals surface area contributed by atoms with E-state index in [0.717, 1.165) is 0 Å². The smallest absolute Gasteiger partial charge is 0.258 e. The molecule has 136 valence electrons. The third-order valence-electron chi connectivity index (χ3n) is 2.92. The topological polar surface area (TPSA) is 129 Å². The summed E-state index contributed by atoms with van der Waals surface area (Å²) >= 11 is 7.28. The van der Waals surface area contributed by atoms with E-state index in [1.54, 1.807) is 0 Å². The summed E-state index contributed by atoms with van der Waals surface area (Å²) in [5, 5.41) is 40.0. The predicted molar refractivity (Wildman–Crippen MR) is 107 cm³/mol. The number of thioether (sulfide) groups is 4. The average molecular weight is 431 g/mol. The van der Waals surface area contributed by atoms with Crippen molar-refractivity contribution >= 4 is 64.1 Å². The molecule has 0 N–H and O–H groups in total. The van der Waals surface area contributed by atoms with Crippen LogP contribution in [0.2, 0.25) is 0 Å². The lowest BCUT2D eigenvalue weighted by molar-refractivity contribution is -0.403. The van der Waals surface area contributed by atoms with Gasteiger partial charge in [-0.3, -0.25) is 30.3 Å². The van der Waals surface area contributed by atoms with E-state index in [4.69, 9.17) is 0 Å². The van der Waals surface area contributed by atoms with Gasteiger partial charge in [0.1, 0.15) is 5.56 Å². The van der Waals surface area contributed by atoms with Gasteiger partial charge in [-0.1, -0.05) is 47.0 Å². The van der Waals surface area contributed by atoms with Gasteiger partial charge in [0, 0.05) is 0 Å². The SMILES string of the molecule is C1=CSC(=C2SC=CS2)S1.Cc1c([N+](=O)[O-])cc([N+](=O)[O-])cc1[N+](=O)[O-]. The molecule has 0 unspecified atom stereocenters. The number of nitro benzene ring substituents is 3. The number of benzene rings is 1. The molecule has 0 atom stereocenters. The van der Waals surface area contributed by atoms with Crippen molar-refractivity contribution < 1.29 is 14.8 Å². The molecule has 0 radical (unpaired) electrons. The Hall–Kier alpha value is -1.96. The van der Waals surface area contributed by atoms with Gasteiger partial charge in [0.2, 0.25) is 0 Å². The average Bonchev–Trinajstić information content (AvgIpc) is 3.28. The van der Waals surface area contributed by atoms with Crippen molar-refractivity contribution in [3.8, 4) is 0 Å². The summed E-state index contributed by atoms with van der Waals surface area (Å²) in [6.45, 7) is 1.17. The Balaban J connectivity index is 0.000000206. The first kappa shape index (κ1) is 20.4. The summed E-state index contributed by atoms with van der Waals surface area (Å²) in [5.74, 6) is 0. The second-order valence-corrected chi connectivity index (χ2v) is 8.65. The summed E-state index contributed by atoms with van der Waals surface area (Å²) in [5.41, 5.74) is -2.16. The van der Waals surface area contributed by atoms with E-state index in [1.165, 1.54) is 15.4 Å². The molecule has 2 aliphatic heterocycles. The largest absolute Gasteiger partial charge is 0.286 e. The molecule has 0 saturated carbocycles. The van der Waals surface area contributed by atoms with Gasteiger partial charge in [-0.25, -0.2) is 0 Å². The van der Waals surface area contributed by atoms with Gasteiger partial charge in [0.05, 0.1) is 35.4 Å². The zero-order chi connectivity index (χ0) is 19.3. The van der Waals surface area contributed by atoms with Gasteiger partial charge in [-0.15, -0.1) is 0 Å². The number of rotatable bonds is 3. The molecule has 0 saturated heterocycles. The number of nitrogens with zero attached hydrogens (tertiary/aromatic N) is 3. The molecule has 0 amide bonds. The number of non-ortho nitro benzene ring substituents is 1. The molecule has 0 aromatic heterocycles. The Morgan fingerprint density at radius 1 is 0.692 bits per heavy atom. The Kier molecular flexibility index (Phi) is 7.14. The summed E-state index contributed by atoms with van der Waals surface area (Å²) < 4.78 is 2.86. The van der Waals surface area contributed by atoms with Crippen LogP contribution in [0.25, 0.3) is 0 Å². The van der Waals surface area contributed by atoms with Crippen molar-refractivity contribution in [2.75, 3.05) is 0 Å². The van der Waals surface area contributed by atoms with E-state index in [0.29, 0.717) is 12.1 Å². The Morgan fingerprint density at radius 2 is 1.04 bits per heavy atom. The number of nitro groups is 3. The van der Waals surface area contributed by atoms with Crippen LogP contribution in [-0.4, -0.2) is 14.8 Å². The first-order chi connectivity index (χ1) is 12.3. The van der Waals surface area contributed by atoms with Crippen LogP contribution in [0.4, 0.5) is 17.1 Å². The fourth-order valence-corrected chi connectivity index (χ4v) is 5.79. The highest BCUT2D eigenvalue weighted by molar-refractivity contribution is 8.33. The second kappa shape index (κ2) is 9.12. The van der Waals surface area contributed by atoms with Crippen molar-refractivity contribution in [1.82, 2.24) is 0 Å². The van der Waals surface area contributed by atoms with E-state index in [-0.39, 0.29) is 5.56 Å². The monoisotopic (exact) mass is 431 g/mol. The predicted octanol–water partition coefficient (Wildman–Crippen LogP) is 5.74. The van der Waals surface area contributed by atoms with Crippen LogP contribution in [0.3, 0.4) is 0 Å². The summed E-state index contributed by atoms with van der Waals surface area (Å²) in [6.07, 6.45) is 0. The molecule has 3 rings (SSSR count). The fourth-order valence-electron chi connectivity index (χ4n) is 1.76. The third kappa shape index (κ3) is 5.03. The van der Waals surface area contributed by atoms with Gasteiger partial charge in [0.15, 0.2) is 0 Å². The quantitative estimate of drug-likeness (QED) is 0.431. The molecule has 0 bridgehead atoms. The van der Waals surface area contributed by atoms with Gasteiger partial charge in [-0.2, -0.15) is 0 Å². The van der Waals surface area contributed by atoms with Crippen LogP contribution in [0.1, 0.15) is 5.56 Å². The molecule has 26 heavy (non-hydrogen) atoms. The first-order valence-corrected chi connectivity index (χ1v) is 10.1. The van der Waals surface area contributed by atoms with Crippen LogP contribution < -0.4 is 0 Å². The van der Waals surface area contributed by atoms with E-state index in [2.05, 4.69) is 21.6 Å². The van der Waals surface area contributed by atoms with E-state index in [9.17, 15) is 30.3 Å². The Bertz CT molecular complexity index is 788. The maximum absolute atomic E-state index is 10.5. The lowest BCUT2D eigenvalue weighted by Gasteiger charge is -1.99. The fraction of sp³-hybridized carbons (Fsp3) is 0.0769. The van der Waals surface area contributed by atoms with Gasteiger partial charge in [-0.05, 0) is 28.6 Å². The molecule has 0 fully saturated rings. The lowest BCUT2D eigenvalue weighted by Crippen LogP contribution is -2.00. The normalized spacial score (nSPS) is 15.0. The minimum atomic E-state index is -0.917. The van der Waals surface area contributed by atoms with Crippen LogP contribution in [0.5, 0.6) is 0 Å². The standard InChI is InChI=1S/C7H5N3O6.C6H4S4/c1-4-6(9(13)14)2-5(8(11)12)3-7(4)10(15)16;1-2-8-5(7-1)6-9-3-4-10-6/h2-3H,1H3;1-4H. The maximum atomic E-state index is 10.5. The maximum Gasteiger partial charge on any atom is 0.286 e. The molecule has 0 aliphatic carbocycles. The number of hydrogen-bond donors (Lipinski definition) is 0. The molecule has 13 heteroatoms. The third-order valence-corrected chi connectivity index (χ3v) is 7.70. The van der Waals surface area contributed by atoms with Crippen molar-refractivity contribution in [1.29, 1.82) is 0 Å². The van der Waals surface area contributed by atoms with Crippen molar-refractivity contribution in [3.05, 3.63) is 78.1 Å². The van der Waals surface area contributed by atoms with Crippen molar-refractivity contribution in [3.63, 3.8) is 0 Å². The molecule has 2 heterocycles. The molecular weight excluding hydrogens is 422 g/mol. The molecule has 2 aliphatic rings. The zero-order valence-corrected chi connectivity index (χ0v) is 16.2. The van der Waals surface area contributed by atoms with Gasteiger partial charge in [0.25, 0.3) is 17.1 Å². The zero-order valence-electron chi connectivity index (χ0n) is 12.9. The molecule has 1 aromatic rings. The van der Waals surface area contributed by atoms with Crippen LogP contribution in [0.15, 0.2) is 42.2 Å². The molecular formula is C13H9N3O6S4. The minimum Gasteiger partial charge on any atom is -0.258 e. The highest BCUT2D eigenvalue weighted by Gasteiger charge is 2.27. The lowest BCUT2D eigenvalue weighted by atomic mass is 10.1. The van der Waals surface area contributed by atoms with Crippen LogP contribution in [-0.2, 0) is 0 Å². The highest BCUT2D eigenvalue weighted by atomic mass is 32.2. The van der Waals surface area contributed by atoms with Gasteiger partial charge >= 0.3 is 0 Å². The van der Waals surface area contributed by atoms with E-state index in [1.807, 2.05) is 47.0 Å². The van der Waals surface area contributed by atoms with E-state index >= 15 is 0 Å². The van der Waals surface area contributed by atoms with E-state index < -0.39 is 31.8 Å². The summed E-state index contributed by atoms with van der Waals surface area (Å²) in [7, 11) is 0. The van der Waals surface area contributed by atoms with Crippen LogP contribution >= 0.6 is 47.0 Å². The molecule has 9 nitrogen and oxygen atoms in total. The summed E-state index contributed by atoms with van der Waals surface area (Å²) in [6, 6.07) is 1.39. The van der Waals surface area contributed by atoms with Crippen molar-refractivity contribution in [2.24, 2.45) is 0 Å². The molecule has 1 aromatic carbocycles. The van der Waals surface area contributed by atoms with Crippen molar-refractivity contribution in [2.45, 2.75) is 6.92 Å². The Morgan fingerprint density at radius 3 is 1.31 bits per heavy atom. The highest BCUT2D eigenvalue weighted by Crippen LogP contribution is 2.50. The van der Waals surface area contributed by atoms with Gasteiger partial charge < -0.3 is 0 Å². The second-order valence-electron chi connectivity index (χ2n) is 4.47. The molecule has 0 spiro atoms.